The highest BCUT2D eigenvalue weighted by Gasteiger charge is 2.10. The Morgan fingerprint density at radius 2 is 1.77 bits per heavy atom. The summed E-state index contributed by atoms with van der Waals surface area (Å²) in [6.07, 6.45) is 2.58. The predicted octanol–water partition coefficient (Wildman–Crippen LogP) is 5.68. The second-order valence-electron chi connectivity index (χ2n) is 7.13. The standard InChI is InChI=1S/C24H23NO5/c1-28-19-10-11-21-22(15-19)30-24(25-21)18-7-6-17-14-20(9-8-16(17)13-18)29-12-4-2-3-5-23(26)27/h6-11,13-15H,2-5,12H2,1H3,(H,26,27). The smallest absolute Gasteiger partial charge is 0.303 e. The summed E-state index contributed by atoms with van der Waals surface area (Å²) in [6, 6.07) is 17.6. The molecule has 30 heavy (non-hydrogen) atoms. The Bertz CT molecular complexity index is 1180. The molecule has 0 spiro atoms. The minimum Gasteiger partial charge on any atom is -0.497 e. The largest absolute Gasteiger partial charge is 0.497 e. The van der Waals surface area contributed by atoms with Crippen LogP contribution in [-0.4, -0.2) is 29.8 Å². The van der Waals surface area contributed by atoms with Crippen LogP contribution >= 0.6 is 0 Å². The van der Waals surface area contributed by atoms with Crippen LogP contribution in [0.1, 0.15) is 25.7 Å². The van der Waals surface area contributed by atoms with E-state index in [4.69, 9.17) is 19.0 Å². The lowest BCUT2D eigenvalue weighted by Gasteiger charge is -2.08. The predicted molar refractivity (Wildman–Crippen MR) is 115 cm³/mol. The lowest BCUT2D eigenvalue weighted by Crippen LogP contribution is -1.99. The summed E-state index contributed by atoms with van der Waals surface area (Å²) in [6.45, 7) is 0.579. The summed E-state index contributed by atoms with van der Waals surface area (Å²) in [5.41, 5.74) is 2.39. The molecule has 3 aromatic carbocycles. The molecule has 0 bridgehead atoms. The van der Waals surface area contributed by atoms with Gasteiger partial charge in [-0.3, -0.25) is 4.79 Å². The van der Waals surface area contributed by atoms with Gasteiger partial charge in [0.25, 0.3) is 0 Å². The van der Waals surface area contributed by atoms with Gasteiger partial charge >= 0.3 is 5.97 Å². The summed E-state index contributed by atoms with van der Waals surface area (Å²) in [7, 11) is 1.62. The van der Waals surface area contributed by atoms with Gasteiger partial charge in [0, 0.05) is 18.1 Å². The molecule has 154 valence electrons. The molecule has 4 aromatic rings. The summed E-state index contributed by atoms with van der Waals surface area (Å²) < 4.78 is 17.0. The Morgan fingerprint density at radius 3 is 2.60 bits per heavy atom. The molecule has 0 amide bonds. The fourth-order valence-corrected chi connectivity index (χ4v) is 3.35. The molecule has 0 unspecified atom stereocenters. The number of ether oxygens (including phenoxy) is 2. The van der Waals surface area contributed by atoms with Crippen LogP contribution in [0.3, 0.4) is 0 Å². The van der Waals surface area contributed by atoms with Gasteiger partial charge in [0.05, 0.1) is 13.7 Å². The third kappa shape index (κ3) is 4.54. The monoisotopic (exact) mass is 405 g/mol. The van der Waals surface area contributed by atoms with E-state index in [9.17, 15) is 4.79 Å². The Balaban J connectivity index is 1.45. The first kappa shape index (κ1) is 19.8. The molecule has 4 rings (SSSR count). The molecule has 0 radical (unpaired) electrons. The van der Waals surface area contributed by atoms with Crippen molar-refractivity contribution in [1.82, 2.24) is 4.98 Å². The third-order valence-electron chi connectivity index (χ3n) is 4.96. The van der Waals surface area contributed by atoms with Gasteiger partial charge in [-0.2, -0.15) is 0 Å². The minimum absolute atomic E-state index is 0.214. The minimum atomic E-state index is -0.748. The van der Waals surface area contributed by atoms with E-state index in [0.29, 0.717) is 24.5 Å². The maximum absolute atomic E-state index is 10.5. The summed E-state index contributed by atoms with van der Waals surface area (Å²) in [5.74, 6) is 1.37. The average molecular weight is 405 g/mol. The molecule has 6 heteroatoms. The van der Waals surface area contributed by atoms with Crippen molar-refractivity contribution in [1.29, 1.82) is 0 Å². The van der Waals surface area contributed by atoms with Crippen LogP contribution in [0.4, 0.5) is 0 Å². The van der Waals surface area contributed by atoms with Crippen molar-refractivity contribution in [2.24, 2.45) is 0 Å². The molecule has 0 aliphatic rings. The number of fused-ring (bicyclic) bond motifs is 2. The van der Waals surface area contributed by atoms with Gasteiger partial charge in [0.1, 0.15) is 17.0 Å². The van der Waals surface area contributed by atoms with E-state index in [1.807, 2.05) is 54.6 Å². The van der Waals surface area contributed by atoms with Gasteiger partial charge in [-0.15, -0.1) is 0 Å². The number of unbranched alkanes of at least 4 members (excludes halogenated alkanes) is 2. The first-order valence-electron chi connectivity index (χ1n) is 9.96. The topological polar surface area (TPSA) is 81.8 Å². The van der Waals surface area contributed by atoms with Gasteiger partial charge in [-0.25, -0.2) is 4.98 Å². The summed E-state index contributed by atoms with van der Waals surface area (Å²) in [4.78, 5) is 15.1. The van der Waals surface area contributed by atoms with E-state index in [2.05, 4.69) is 4.98 Å². The molecular formula is C24H23NO5. The fraction of sp³-hybridized carbons (Fsp3) is 0.250. The maximum Gasteiger partial charge on any atom is 0.303 e. The van der Waals surface area contributed by atoms with Crippen LogP contribution in [0.15, 0.2) is 59.0 Å². The van der Waals surface area contributed by atoms with Gasteiger partial charge in [-0.05, 0) is 66.4 Å². The molecule has 1 aromatic heterocycles. The summed E-state index contributed by atoms with van der Waals surface area (Å²) >= 11 is 0. The number of rotatable bonds is 9. The number of carbonyl (C=O) groups is 1. The van der Waals surface area contributed by atoms with Crippen LogP contribution in [0.5, 0.6) is 11.5 Å². The highest BCUT2D eigenvalue weighted by Crippen LogP contribution is 2.30. The molecule has 0 aliphatic heterocycles. The molecule has 1 N–H and O–H groups in total. The SMILES string of the molecule is COc1ccc2nc(-c3ccc4cc(OCCCCCC(=O)O)ccc4c3)oc2c1. The van der Waals surface area contributed by atoms with Gasteiger partial charge in [-0.1, -0.05) is 12.1 Å². The number of benzene rings is 3. The van der Waals surface area contributed by atoms with Crippen molar-refractivity contribution in [3.63, 3.8) is 0 Å². The fourth-order valence-electron chi connectivity index (χ4n) is 3.35. The number of carboxylic acid groups (broad SMARTS) is 1. The van der Waals surface area contributed by atoms with Crippen molar-refractivity contribution in [2.75, 3.05) is 13.7 Å². The third-order valence-corrected chi connectivity index (χ3v) is 4.96. The van der Waals surface area contributed by atoms with Crippen LogP contribution in [0.25, 0.3) is 33.3 Å². The number of oxazole rings is 1. The van der Waals surface area contributed by atoms with E-state index < -0.39 is 5.97 Å². The zero-order valence-electron chi connectivity index (χ0n) is 16.8. The Labute approximate surface area is 174 Å². The molecule has 0 fully saturated rings. The second-order valence-corrected chi connectivity index (χ2v) is 7.13. The zero-order valence-corrected chi connectivity index (χ0v) is 16.8. The molecule has 0 atom stereocenters. The van der Waals surface area contributed by atoms with Crippen molar-refractivity contribution in [2.45, 2.75) is 25.7 Å². The molecule has 6 nitrogen and oxygen atoms in total. The highest BCUT2D eigenvalue weighted by molar-refractivity contribution is 5.88. The van der Waals surface area contributed by atoms with Gasteiger partial charge in [0.15, 0.2) is 5.58 Å². The van der Waals surface area contributed by atoms with Crippen LogP contribution < -0.4 is 9.47 Å². The number of nitrogens with zero attached hydrogens (tertiary/aromatic N) is 1. The van der Waals surface area contributed by atoms with Crippen molar-refractivity contribution in [3.05, 3.63) is 54.6 Å². The van der Waals surface area contributed by atoms with E-state index >= 15 is 0 Å². The number of methoxy groups -OCH3 is 1. The quantitative estimate of drug-likeness (QED) is 0.361. The van der Waals surface area contributed by atoms with Crippen LogP contribution in [-0.2, 0) is 4.79 Å². The number of aromatic nitrogens is 1. The first-order chi connectivity index (χ1) is 14.6. The van der Waals surface area contributed by atoms with E-state index in [0.717, 1.165) is 46.2 Å². The lowest BCUT2D eigenvalue weighted by atomic mass is 10.1. The molecule has 0 aliphatic carbocycles. The zero-order chi connectivity index (χ0) is 20.9. The van der Waals surface area contributed by atoms with Crippen LogP contribution in [0.2, 0.25) is 0 Å². The maximum atomic E-state index is 10.5. The molecular weight excluding hydrogens is 382 g/mol. The highest BCUT2D eigenvalue weighted by atomic mass is 16.5. The van der Waals surface area contributed by atoms with Crippen molar-refractivity contribution in [3.8, 4) is 23.0 Å². The Hall–Kier alpha value is -3.54. The van der Waals surface area contributed by atoms with Crippen molar-refractivity contribution < 1.29 is 23.8 Å². The summed E-state index contributed by atoms with van der Waals surface area (Å²) in [5, 5.41) is 10.8. The number of aliphatic carboxylic acids is 1. The Kier molecular flexibility index (Phi) is 5.84. The Morgan fingerprint density at radius 1 is 0.967 bits per heavy atom. The van der Waals surface area contributed by atoms with E-state index in [-0.39, 0.29) is 6.42 Å². The number of hydrogen-bond acceptors (Lipinski definition) is 5. The van der Waals surface area contributed by atoms with E-state index in [1.54, 1.807) is 7.11 Å². The molecule has 1 heterocycles. The number of hydrogen-bond donors (Lipinski definition) is 1. The lowest BCUT2D eigenvalue weighted by molar-refractivity contribution is -0.137. The normalized spacial score (nSPS) is 11.1. The van der Waals surface area contributed by atoms with Gasteiger partial charge < -0.3 is 19.0 Å². The number of carboxylic acids is 1. The molecule has 0 saturated carbocycles. The van der Waals surface area contributed by atoms with Gasteiger partial charge in [0.2, 0.25) is 5.89 Å². The molecule has 0 saturated heterocycles. The first-order valence-corrected chi connectivity index (χ1v) is 9.96. The van der Waals surface area contributed by atoms with Crippen molar-refractivity contribution >= 4 is 27.8 Å². The average Bonchev–Trinajstić information content (AvgIpc) is 3.18. The van der Waals surface area contributed by atoms with Crippen LogP contribution in [0, 0.1) is 0 Å². The van der Waals surface area contributed by atoms with E-state index in [1.165, 1.54) is 0 Å². The second kappa shape index (κ2) is 8.86.